The lowest BCUT2D eigenvalue weighted by molar-refractivity contribution is -0.161. The minimum absolute atomic E-state index is 0.0913. The van der Waals surface area contributed by atoms with E-state index in [-0.39, 0.29) is 6.42 Å². The van der Waals surface area contributed by atoms with Crippen molar-refractivity contribution in [3.8, 4) is 0 Å². The lowest BCUT2D eigenvalue weighted by atomic mass is 9.83. The van der Waals surface area contributed by atoms with Gasteiger partial charge in [0, 0.05) is 20.5 Å². The van der Waals surface area contributed by atoms with E-state index >= 15 is 0 Å². The first-order chi connectivity index (χ1) is 22.0. The van der Waals surface area contributed by atoms with Gasteiger partial charge in [-0.1, -0.05) is 13.3 Å². The molecular weight excluding hydrogens is 638 g/mol. The van der Waals surface area contributed by atoms with Crippen LogP contribution in [0.25, 0.3) is 0 Å². The standard InChI is InChI=1S/C34H61N5O10/c1-17-18-34(15,45-16)25(36-21(2)40)24-22(19-23(26(41)46-30(3,4)5)39(24)29(44)49-33(12,13)14)35-20-38(28(43)48-32(9,10)11)37-27(42)47-31(6,7)8/h20,22-25H,17-19H2,1-16H3,(H,36,40)(H,37,42)/t22-,23?,24-,25-,34+/m1/s1. The molecule has 4 amide bonds. The van der Waals surface area contributed by atoms with Crippen LogP contribution < -0.4 is 10.7 Å². The molecule has 282 valence electrons. The SMILES string of the molecule is CCC[C@](C)(OC)[C@H](NC(C)=O)[C@H]1[C@H](N=CN(NC(=O)OC(C)(C)C)C(=O)OC(C)(C)C)CC(C(=O)OC(C)(C)C)N1C(=O)OC(C)(C)C. The van der Waals surface area contributed by atoms with Crippen molar-refractivity contribution < 1.29 is 47.7 Å². The second kappa shape index (κ2) is 16.4. The molecule has 49 heavy (non-hydrogen) atoms. The fraction of sp³-hybridized carbons (Fsp3) is 0.824. The Balaban J connectivity index is 4.02. The molecule has 0 bridgehead atoms. The smallest absolute Gasteiger partial charge is 0.435 e. The number of amides is 4. The molecule has 5 atom stereocenters. The number of rotatable bonds is 9. The highest BCUT2D eigenvalue weighted by Gasteiger charge is 2.56. The van der Waals surface area contributed by atoms with E-state index < -0.39 is 82.3 Å². The van der Waals surface area contributed by atoms with E-state index in [1.165, 1.54) is 18.9 Å². The minimum Gasteiger partial charge on any atom is -0.458 e. The largest absolute Gasteiger partial charge is 0.458 e. The highest BCUT2D eigenvalue weighted by molar-refractivity contribution is 5.86. The van der Waals surface area contributed by atoms with Crippen LogP contribution >= 0.6 is 0 Å². The average molecular weight is 700 g/mol. The number of aliphatic imine (C=N–C) groups is 1. The lowest BCUT2D eigenvalue weighted by Gasteiger charge is -2.44. The Kier molecular flexibility index (Phi) is 14.5. The first-order valence-corrected chi connectivity index (χ1v) is 16.6. The summed E-state index contributed by atoms with van der Waals surface area (Å²) in [6.07, 6.45) is -0.732. The summed E-state index contributed by atoms with van der Waals surface area (Å²) in [5.74, 6) is -1.13. The number of hydrazine groups is 1. The van der Waals surface area contributed by atoms with Crippen molar-refractivity contribution in [2.45, 2.75) is 175 Å². The second-order valence-corrected chi connectivity index (χ2v) is 16.4. The van der Waals surface area contributed by atoms with Crippen LogP contribution in [-0.2, 0) is 33.3 Å². The molecule has 1 rings (SSSR count). The Morgan fingerprint density at radius 1 is 0.837 bits per heavy atom. The van der Waals surface area contributed by atoms with Crippen molar-refractivity contribution in [1.29, 1.82) is 0 Å². The van der Waals surface area contributed by atoms with Gasteiger partial charge in [0.1, 0.15) is 34.8 Å². The highest BCUT2D eigenvalue weighted by Crippen LogP contribution is 2.38. The number of nitrogens with one attached hydrogen (secondary N) is 2. The fourth-order valence-electron chi connectivity index (χ4n) is 5.23. The molecule has 1 unspecified atom stereocenters. The third-order valence-electron chi connectivity index (χ3n) is 6.94. The molecule has 15 heteroatoms. The summed E-state index contributed by atoms with van der Waals surface area (Å²) in [6.45, 7) is 25.2. The van der Waals surface area contributed by atoms with Gasteiger partial charge in [0.2, 0.25) is 5.91 Å². The summed E-state index contributed by atoms with van der Waals surface area (Å²) < 4.78 is 28.4. The zero-order valence-electron chi connectivity index (χ0n) is 32.4. The third-order valence-corrected chi connectivity index (χ3v) is 6.94. The number of carbonyl (C=O) groups is 5. The molecule has 0 aromatic carbocycles. The molecule has 0 aromatic rings. The van der Waals surface area contributed by atoms with Crippen LogP contribution in [0.3, 0.4) is 0 Å². The minimum atomic E-state index is -1.21. The van der Waals surface area contributed by atoms with Gasteiger partial charge in [-0.2, -0.15) is 5.01 Å². The number of hydrogen-bond acceptors (Lipinski definition) is 11. The van der Waals surface area contributed by atoms with E-state index in [1.54, 1.807) is 90.0 Å². The van der Waals surface area contributed by atoms with Crippen molar-refractivity contribution in [3.05, 3.63) is 0 Å². The first kappa shape index (κ1) is 43.4. The third kappa shape index (κ3) is 14.4. The summed E-state index contributed by atoms with van der Waals surface area (Å²) in [5.41, 5.74) is -2.41. The topological polar surface area (TPSA) is 174 Å². The number of methoxy groups -OCH3 is 1. The van der Waals surface area contributed by atoms with E-state index in [2.05, 4.69) is 15.7 Å². The zero-order chi connectivity index (χ0) is 38.3. The van der Waals surface area contributed by atoms with Crippen molar-refractivity contribution >= 4 is 36.5 Å². The molecule has 0 aliphatic carbocycles. The quantitative estimate of drug-likeness (QED) is 0.103. The number of hydrogen-bond donors (Lipinski definition) is 2. The maximum atomic E-state index is 14.1. The maximum Gasteiger partial charge on any atom is 0.435 e. The first-order valence-electron chi connectivity index (χ1n) is 16.6. The van der Waals surface area contributed by atoms with Gasteiger partial charge < -0.3 is 29.0 Å². The van der Waals surface area contributed by atoms with Crippen LogP contribution in [-0.4, -0.2) is 106 Å². The summed E-state index contributed by atoms with van der Waals surface area (Å²) in [5, 5.41) is 3.67. The van der Waals surface area contributed by atoms with Crippen LogP contribution in [0, 0.1) is 0 Å². The van der Waals surface area contributed by atoms with Gasteiger partial charge in [0.05, 0.1) is 23.7 Å². The van der Waals surface area contributed by atoms with Crippen LogP contribution in [0.5, 0.6) is 0 Å². The number of nitrogens with zero attached hydrogens (tertiary/aromatic N) is 3. The number of esters is 1. The second-order valence-electron chi connectivity index (χ2n) is 16.4. The van der Waals surface area contributed by atoms with Gasteiger partial charge in [-0.05, 0) is 96.4 Å². The fourth-order valence-corrected chi connectivity index (χ4v) is 5.23. The molecule has 1 saturated heterocycles. The Bertz CT molecular complexity index is 1210. The van der Waals surface area contributed by atoms with Gasteiger partial charge in [0.15, 0.2) is 0 Å². The number of carbonyl (C=O) groups excluding carboxylic acids is 5. The molecule has 0 radical (unpaired) electrons. The predicted molar refractivity (Wildman–Crippen MR) is 184 cm³/mol. The summed E-state index contributed by atoms with van der Waals surface area (Å²) >= 11 is 0. The lowest BCUT2D eigenvalue weighted by Crippen LogP contribution is -2.65. The Morgan fingerprint density at radius 3 is 1.78 bits per heavy atom. The molecule has 15 nitrogen and oxygen atoms in total. The van der Waals surface area contributed by atoms with E-state index in [1.807, 2.05) is 6.92 Å². The van der Waals surface area contributed by atoms with Crippen LogP contribution in [0.4, 0.5) is 14.4 Å². The average Bonchev–Trinajstić information content (AvgIpc) is 3.25. The Morgan fingerprint density at radius 2 is 1.35 bits per heavy atom. The normalized spacial score (nSPS) is 20.6. The van der Waals surface area contributed by atoms with Crippen molar-refractivity contribution in [2.75, 3.05) is 7.11 Å². The molecular formula is C34H61N5O10. The maximum absolute atomic E-state index is 14.1. The van der Waals surface area contributed by atoms with Crippen LogP contribution in [0.1, 0.15) is 123 Å². The molecule has 1 aliphatic heterocycles. The van der Waals surface area contributed by atoms with Crippen molar-refractivity contribution in [2.24, 2.45) is 4.99 Å². The van der Waals surface area contributed by atoms with E-state index in [0.29, 0.717) is 12.8 Å². The molecule has 1 heterocycles. The van der Waals surface area contributed by atoms with E-state index in [4.69, 9.17) is 23.7 Å². The monoisotopic (exact) mass is 699 g/mol. The van der Waals surface area contributed by atoms with Gasteiger partial charge in [-0.3, -0.25) is 14.7 Å². The molecule has 0 spiro atoms. The van der Waals surface area contributed by atoms with Crippen LogP contribution in [0.15, 0.2) is 4.99 Å². The molecule has 2 N–H and O–H groups in total. The highest BCUT2D eigenvalue weighted by atomic mass is 16.6. The van der Waals surface area contributed by atoms with Crippen LogP contribution in [0.2, 0.25) is 0 Å². The Hall–Kier alpha value is -3.62. The van der Waals surface area contributed by atoms with Crippen molar-refractivity contribution in [1.82, 2.24) is 20.7 Å². The van der Waals surface area contributed by atoms with Gasteiger partial charge in [0.25, 0.3) is 0 Å². The van der Waals surface area contributed by atoms with Crippen molar-refractivity contribution in [3.63, 3.8) is 0 Å². The summed E-state index contributed by atoms with van der Waals surface area (Å²) in [6, 6.07) is -4.19. The van der Waals surface area contributed by atoms with E-state index in [0.717, 1.165) is 11.3 Å². The summed E-state index contributed by atoms with van der Waals surface area (Å²) in [7, 11) is 1.50. The van der Waals surface area contributed by atoms with E-state index in [9.17, 15) is 24.0 Å². The van der Waals surface area contributed by atoms with Gasteiger partial charge >= 0.3 is 24.2 Å². The van der Waals surface area contributed by atoms with Gasteiger partial charge in [-0.25, -0.2) is 24.6 Å². The molecule has 1 fully saturated rings. The predicted octanol–water partition coefficient (Wildman–Crippen LogP) is 5.49. The Labute approximate surface area is 292 Å². The zero-order valence-corrected chi connectivity index (χ0v) is 32.4. The van der Waals surface area contributed by atoms with Gasteiger partial charge in [-0.15, -0.1) is 0 Å². The number of likely N-dealkylation sites (tertiary alicyclic amines) is 1. The summed E-state index contributed by atoms with van der Waals surface area (Å²) in [4.78, 5) is 72.6. The number of ether oxygens (including phenoxy) is 5. The molecule has 0 aromatic heterocycles. The molecule has 0 saturated carbocycles. The molecule has 1 aliphatic rings.